The first-order valence-electron chi connectivity index (χ1n) is 3.73. The molecule has 0 saturated heterocycles. The zero-order valence-electron chi connectivity index (χ0n) is 7.24. The first-order valence-corrected chi connectivity index (χ1v) is 8.00. The van der Waals surface area contributed by atoms with Gasteiger partial charge < -0.3 is 4.52 Å². The van der Waals surface area contributed by atoms with Crippen LogP contribution in [-0.2, 0) is 16.3 Å². The maximum atomic E-state index is 5.77. The Morgan fingerprint density at radius 1 is 1.64 bits per heavy atom. The number of hydrogen-bond donors (Lipinski definition) is 1. The van der Waals surface area contributed by atoms with E-state index in [4.69, 9.17) is 21.8 Å². The van der Waals surface area contributed by atoms with Crippen LogP contribution in [0.25, 0.3) is 0 Å². The van der Waals surface area contributed by atoms with Gasteiger partial charge in [-0.15, -0.1) is 0 Å². The third kappa shape index (κ3) is 6.12. The van der Waals surface area contributed by atoms with Gasteiger partial charge in [-0.1, -0.05) is 25.2 Å². The standard InChI is InChI=1S/C6H16NOPS2/c1-4-6(3)11-9(7,10)8-5-2/h6H,4-5H2,1-3H3,(H2,7,10). The van der Waals surface area contributed by atoms with Gasteiger partial charge in [0.2, 0.25) is 0 Å². The van der Waals surface area contributed by atoms with Crippen molar-refractivity contribution in [1.29, 1.82) is 0 Å². The molecular weight excluding hydrogens is 197 g/mol. The zero-order chi connectivity index (χ0) is 8.91. The Bertz CT molecular complexity index is 154. The van der Waals surface area contributed by atoms with E-state index in [2.05, 4.69) is 13.8 Å². The predicted octanol–water partition coefficient (Wildman–Crippen LogP) is 2.74. The van der Waals surface area contributed by atoms with Crippen molar-refractivity contribution in [2.75, 3.05) is 6.61 Å². The largest absolute Gasteiger partial charge is 0.331 e. The smallest absolute Gasteiger partial charge is 0.183 e. The summed E-state index contributed by atoms with van der Waals surface area (Å²) >= 11 is 6.72. The van der Waals surface area contributed by atoms with Crippen LogP contribution in [0.2, 0.25) is 0 Å². The van der Waals surface area contributed by atoms with Crippen molar-refractivity contribution in [3.8, 4) is 0 Å². The molecule has 0 aromatic carbocycles. The second-order valence-corrected chi connectivity index (χ2v) is 9.22. The first kappa shape index (κ1) is 11.9. The van der Waals surface area contributed by atoms with E-state index >= 15 is 0 Å². The maximum absolute atomic E-state index is 5.77. The van der Waals surface area contributed by atoms with Crippen LogP contribution in [0, 0.1) is 0 Å². The van der Waals surface area contributed by atoms with Crippen molar-refractivity contribution < 1.29 is 4.52 Å². The Labute approximate surface area is 78.2 Å². The average molecular weight is 213 g/mol. The second kappa shape index (κ2) is 5.55. The second-order valence-electron chi connectivity index (χ2n) is 2.28. The van der Waals surface area contributed by atoms with Crippen molar-refractivity contribution in [3.63, 3.8) is 0 Å². The minimum Gasteiger partial charge on any atom is -0.331 e. The monoisotopic (exact) mass is 213 g/mol. The summed E-state index contributed by atoms with van der Waals surface area (Å²) in [6.07, 6.45) is 1.09. The van der Waals surface area contributed by atoms with Crippen LogP contribution in [0.4, 0.5) is 0 Å². The Morgan fingerprint density at radius 3 is 2.55 bits per heavy atom. The van der Waals surface area contributed by atoms with E-state index in [0.29, 0.717) is 11.9 Å². The van der Waals surface area contributed by atoms with Crippen LogP contribution in [-0.4, -0.2) is 11.9 Å². The highest BCUT2D eigenvalue weighted by molar-refractivity contribution is 8.68. The van der Waals surface area contributed by atoms with Crippen molar-refractivity contribution >= 4 is 28.8 Å². The summed E-state index contributed by atoms with van der Waals surface area (Å²) in [5.74, 6) is 0. The topological polar surface area (TPSA) is 35.2 Å². The molecular formula is C6H16NOPS2. The highest BCUT2D eigenvalue weighted by Crippen LogP contribution is 2.54. The molecule has 0 aromatic rings. The van der Waals surface area contributed by atoms with Gasteiger partial charge in [0.25, 0.3) is 0 Å². The molecule has 0 fully saturated rings. The highest BCUT2D eigenvalue weighted by Gasteiger charge is 2.14. The van der Waals surface area contributed by atoms with Gasteiger partial charge in [0.1, 0.15) is 0 Å². The molecule has 0 rings (SSSR count). The maximum Gasteiger partial charge on any atom is 0.183 e. The van der Waals surface area contributed by atoms with Gasteiger partial charge in [0.15, 0.2) is 5.62 Å². The summed E-state index contributed by atoms with van der Waals surface area (Å²) in [7, 11) is 0. The van der Waals surface area contributed by atoms with E-state index in [0.717, 1.165) is 6.42 Å². The lowest BCUT2D eigenvalue weighted by Gasteiger charge is -2.18. The molecule has 0 aromatic heterocycles. The highest BCUT2D eigenvalue weighted by atomic mass is 32.9. The van der Waals surface area contributed by atoms with E-state index in [1.165, 1.54) is 0 Å². The average Bonchev–Trinajstić information content (AvgIpc) is 1.86. The van der Waals surface area contributed by atoms with Crippen molar-refractivity contribution in [2.45, 2.75) is 32.4 Å². The van der Waals surface area contributed by atoms with Crippen LogP contribution in [0.1, 0.15) is 27.2 Å². The SMILES string of the molecule is CCOP(N)(=S)SC(C)CC. The van der Waals surface area contributed by atoms with E-state index in [1.807, 2.05) is 6.92 Å². The minimum atomic E-state index is -2.02. The molecule has 5 heteroatoms. The Kier molecular flexibility index (Phi) is 6.01. The summed E-state index contributed by atoms with van der Waals surface area (Å²) in [6.45, 7) is 6.79. The number of hydrogen-bond acceptors (Lipinski definition) is 3. The van der Waals surface area contributed by atoms with E-state index in [9.17, 15) is 0 Å². The number of rotatable bonds is 5. The van der Waals surface area contributed by atoms with Crippen LogP contribution in [0.3, 0.4) is 0 Å². The molecule has 0 amide bonds. The van der Waals surface area contributed by atoms with Crippen molar-refractivity contribution in [3.05, 3.63) is 0 Å². The predicted molar refractivity (Wildman–Crippen MR) is 57.4 cm³/mol. The molecule has 0 aliphatic rings. The normalized spacial score (nSPS) is 19.3. The Morgan fingerprint density at radius 2 is 2.18 bits per heavy atom. The fourth-order valence-corrected chi connectivity index (χ4v) is 5.70. The summed E-state index contributed by atoms with van der Waals surface area (Å²) in [5.41, 5.74) is 3.76. The molecule has 0 aliphatic heterocycles. The summed E-state index contributed by atoms with van der Waals surface area (Å²) < 4.78 is 5.27. The molecule has 0 aliphatic carbocycles. The molecule has 2 nitrogen and oxygen atoms in total. The van der Waals surface area contributed by atoms with E-state index in [1.54, 1.807) is 11.4 Å². The molecule has 0 heterocycles. The van der Waals surface area contributed by atoms with Crippen LogP contribution in [0.5, 0.6) is 0 Å². The van der Waals surface area contributed by atoms with Crippen molar-refractivity contribution in [2.24, 2.45) is 5.50 Å². The van der Waals surface area contributed by atoms with E-state index in [-0.39, 0.29) is 0 Å². The lowest BCUT2D eigenvalue weighted by Crippen LogP contribution is -2.00. The number of nitrogens with two attached hydrogens (primary N) is 1. The fraction of sp³-hybridized carbons (Fsp3) is 1.00. The molecule has 0 spiro atoms. The van der Waals surface area contributed by atoms with Gasteiger partial charge in [-0.05, 0) is 25.2 Å². The molecule has 2 atom stereocenters. The summed E-state index contributed by atoms with van der Waals surface area (Å²) in [5, 5.41) is 0.511. The molecule has 2 N–H and O–H groups in total. The Balaban J connectivity index is 3.81. The lowest BCUT2D eigenvalue weighted by atomic mass is 10.4. The third-order valence-electron chi connectivity index (χ3n) is 1.21. The van der Waals surface area contributed by atoms with Gasteiger partial charge >= 0.3 is 0 Å². The van der Waals surface area contributed by atoms with Crippen LogP contribution >= 0.6 is 17.0 Å². The third-order valence-corrected chi connectivity index (χ3v) is 6.18. The molecule has 68 valence electrons. The quantitative estimate of drug-likeness (QED) is 0.712. The zero-order valence-corrected chi connectivity index (χ0v) is 9.77. The van der Waals surface area contributed by atoms with Gasteiger partial charge in [0, 0.05) is 5.25 Å². The molecule has 11 heavy (non-hydrogen) atoms. The Hall–Kier alpha value is 0.920. The van der Waals surface area contributed by atoms with Gasteiger partial charge in [-0.3, -0.25) is 5.50 Å². The molecule has 0 saturated carbocycles. The molecule has 0 bridgehead atoms. The summed E-state index contributed by atoms with van der Waals surface area (Å²) in [6, 6.07) is 0. The van der Waals surface area contributed by atoms with Gasteiger partial charge in [0.05, 0.1) is 6.61 Å². The fourth-order valence-electron chi connectivity index (χ4n) is 0.536. The first-order chi connectivity index (χ1) is 5.02. The van der Waals surface area contributed by atoms with Crippen molar-refractivity contribution in [1.82, 2.24) is 0 Å². The molecule has 0 radical (unpaired) electrons. The minimum absolute atomic E-state index is 0.511. The van der Waals surface area contributed by atoms with Crippen LogP contribution < -0.4 is 5.50 Å². The molecule has 2 unspecified atom stereocenters. The van der Waals surface area contributed by atoms with Gasteiger partial charge in [-0.2, -0.15) is 0 Å². The summed E-state index contributed by atoms with van der Waals surface area (Å²) in [4.78, 5) is 0. The lowest BCUT2D eigenvalue weighted by molar-refractivity contribution is 0.385. The van der Waals surface area contributed by atoms with E-state index < -0.39 is 5.62 Å². The van der Waals surface area contributed by atoms with Crippen LogP contribution in [0.15, 0.2) is 0 Å². The van der Waals surface area contributed by atoms with Gasteiger partial charge in [-0.25, -0.2) is 0 Å².